The summed E-state index contributed by atoms with van der Waals surface area (Å²) in [4.78, 5) is 14.5. The second-order valence-corrected chi connectivity index (χ2v) is 7.71. The molecule has 25 heavy (non-hydrogen) atoms. The van der Waals surface area contributed by atoms with E-state index in [9.17, 15) is 13.2 Å². The van der Waals surface area contributed by atoms with Gasteiger partial charge in [0.25, 0.3) is 15.9 Å². The summed E-state index contributed by atoms with van der Waals surface area (Å²) < 4.78 is 31.9. The van der Waals surface area contributed by atoms with E-state index in [4.69, 9.17) is 4.74 Å². The smallest absolute Gasteiger partial charge is 0.264 e. The van der Waals surface area contributed by atoms with Crippen LogP contribution in [0.3, 0.4) is 0 Å². The van der Waals surface area contributed by atoms with Gasteiger partial charge in [0.15, 0.2) is 0 Å². The lowest BCUT2D eigenvalue weighted by Crippen LogP contribution is -2.40. The van der Waals surface area contributed by atoms with Crippen LogP contribution in [0.2, 0.25) is 0 Å². The van der Waals surface area contributed by atoms with Gasteiger partial charge in [-0.2, -0.15) is 0 Å². The molecule has 0 spiro atoms. The molecular weight excluding hydrogens is 340 g/mol. The minimum atomic E-state index is -3.67. The minimum absolute atomic E-state index is 0.115. The molecule has 1 aliphatic rings. The number of sulfonamides is 1. The number of nitrogens with zero attached hydrogens (tertiary/aromatic N) is 2. The van der Waals surface area contributed by atoms with Gasteiger partial charge in [-0.15, -0.1) is 0 Å². The lowest BCUT2D eigenvalue weighted by molar-refractivity contribution is 0.0303. The number of hydrogen-bond donors (Lipinski definition) is 0. The van der Waals surface area contributed by atoms with Gasteiger partial charge < -0.3 is 9.64 Å². The summed E-state index contributed by atoms with van der Waals surface area (Å²) in [5.74, 6) is -0.115. The van der Waals surface area contributed by atoms with Gasteiger partial charge in [-0.1, -0.05) is 24.3 Å². The van der Waals surface area contributed by atoms with Crippen LogP contribution in [0.4, 0.5) is 5.69 Å². The molecule has 1 fully saturated rings. The Morgan fingerprint density at radius 2 is 1.72 bits per heavy atom. The van der Waals surface area contributed by atoms with E-state index in [2.05, 4.69) is 0 Å². The van der Waals surface area contributed by atoms with Crippen molar-refractivity contribution in [3.63, 3.8) is 0 Å². The fourth-order valence-corrected chi connectivity index (χ4v) is 3.88. The maximum absolute atomic E-state index is 12.7. The van der Waals surface area contributed by atoms with Gasteiger partial charge in [-0.05, 0) is 30.3 Å². The first kappa shape index (κ1) is 17.4. The Kier molecular flexibility index (Phi) is 5.06. The van der Waals surface area contributed by atoms with Gasteiger partial charge >= 0.3 is 0 Å². The van der Waals surface area contributed by atoms with E-state index < -0.39 is 10.0 Å². The quantitative estimate of drug-likeness (QED) is 0.836. The Morgan fingerprint density at radius 3 is 2.40 bits per heavy atom. The molecule has 0 radical (unpaired) electrons. The van der Waals surface area contributed by atoms with E-state index >= 15 is 0 Å². The van der Waals surface area contributed by atoms with Crippen LogP contribution in [0.25, 0.3) is 0 Å². The molecule has 0 atom stereocenters. The molecule has 132 valence electrons. The monoisotopic (exact) mass is 360 g/mol. The van der Waals surface area contributed by atoms with Gasteiger partial charge in [0.2, 0.25) is 0 Å². The van der Waals surface area contributed by atoms with Crippen molar-refractivity contribution in [3.8, 4) is 0 Å². The first-order valence-electron chi connectivity index (χ1n) is 8.01. The molecular formula is C18H20N2O4S. The Hall–Kier alpha value is -2.38. The molecule has 0 unspecified atom stereocenters. The van der Waals surface area contributed by atoms with Gasteiger partial charge in [0.1, 0.15) is 0 Å². The number of ether oxygens (including phenoxy) is 1. The van der Waals surface area contributed by atoms with Crippen LogP contribution >= 0.6 is 0 Å². The average molecular weight is 360 g/mol. The van der Waals surface area contributed by atoms with Gasteiger partial charge in [0, 0.05) is 25.7 Å². The number of anilines is 1. The van der Waals surface area contributed by atoms with Crippen LogP contribution in [0, 0.1) is 0 Å². The van der Waals surface area contributed by atoms with Crippen molar-refractivity contribution in [3.05, 3.63) is 60.2 Å². The Morgan fingerprint density at radius 1 is 1.04 bits per heavy atom. The fourth-order valence-electron chi connectivity index (χ4n) is 2.67. The zero-order chi connectivity index (χ0) is 17.9. The summed E-state index contributed by atoms with van der Waals surface area (Å²) in [6.45, 7) is 2.13. The van der Waals surface area contributed by atoms with Crippen LogP contribution in [0.15, 0.2) is 59.5 Å². The largest absolute Gasteiger partial charge is 0.378 e. The number of carbonyl (C=O) groups is 1. The van der Waals surface area contributed by atoms with Crippen LogP contribution < -0.4 is 4.31 Å². The molecule has 2 aromatic rings. The van der Waals surface area contributed by atoms with Crippen LogP contribution in [-0.4, -0.2) is 52.6 Å². The minimum Gasteiger partial charge on any atom is -0.378 e. The molecule has 0 saturated carbocycles. The Labute approximate surface area is 147 Å². The zero-order valence-corrected chi connectivity index (χ0v) is 14.8. The highest BCUT2D eigenvalue weighted by atomic mass is 32.2. The average Bonchev–Trinajstić information content (AvgIpc) is 2.68. The van der Waals surface area contributed by atoms with E-state index in [1.165, 1.54) is 11.4 Å². The highest BCUT2D eigenvalue weighted by Gasteiger charge is 2.23. The van der Waals surface area contributed by atoms with E-state index in [0.29, 0.717) is 37.6 Å². The maximum atomic E-state index is 12.7. The summed E-state index contributed by atoms with van der Waals surface area (Å²) in [5.41, 5.74) is 0.914. The van der Waals surface area contributed by atoms with Crippen LogP contribution in [0.1, 0.15) is 10.4 Å². The third-order valence-corrected chi connectivity index (χ3v) is 5.96. The highest BCUT2D eigenvalue weighted by molar-refractivity contribution is 7.92. The molecule has 1 saturated heterocycles. The summed E-state index contributed by atoms with van der Waals surface area (Å²) >= 11 is 0. The lowest BCUT2D eigenvalue weighted by Gasteiger charge is -2.27. The molecule has 7 heteroatoms. The molecule has 0 N–H and O–H groups in total. The number of amides is 1. The molecule has 1 aliphatic heterocycles. The molecule has 1 heterocycles. The zero-order valence-electron chi connectivity index (χ0n) is 14.0. The summed E-state index contributed by atoms with van der Waals surface area (Å²) in [6, 6.07) is 14.9. The molecule has 0 aliphatic carbocycles. The number of carbonyl (C=O) groups excluding carboxylic acids is 1. The highest BCUT2D eigenvalue weighted by Crippen LogP contribution is 2.23. The number of morpholine rings is 1. The number of hydrogen-bond acceptors (Lipinski definition) is 4. The molecule has 0 aromatic heterocycles. The number of rotatable bonds is 4. The normalized spacial score (nSPS) is 15.0. The third kappa shape index (κ3) is 3.67. The predicted molar refractivity (Wildman–Crippen MR) is 95.2 cm³/mol. The lowest BCUT2D eigenvalue weighted by atomic mass is 10.1. The van der Waals surface area contributed by atoms with Crippen molar-refractivity contribution in [2.75, 3.05) is 37.7 Å². The van der Waals surface area contributed by atoms with Gasteiger partial charge in [0.05, 0.1) is 23.8 Å². The summed E-state index contributed by atoms with van der Waals surface area (Å²) in [7, 11) is -2.18. The topological polar surface area (TPSA) is 66.9 Å². The second kappa shape index (κ2) is 7.25. The van der Waals surface area contributed by atoms with Gasteiger partial charge in [-0.25, -0.2) is 8.42 Å². The molecule has 0 bridgehead atoms. The second-order valence-electron chi connectivity index (χ2n) is 5.74. The Bertz CT molecular complexity index is 846. The predicted octanol–water partition coefficient (Wildman–Crippen LogP) is 1.98. The summed E-state index contributed by atoms with van der Waals surface area (Å²) in [5, 5.41) is 0. The molecule has 1 amide bonds. The van der Waals surface area contributed by atoms with Crippen molar-refractivity contribution >= 4 is 21.6 Å². The summed E-state index contributed by atoms with van der Waals surface area (Å²) in [6.07, 6.45) is 0. The van der Waals surface area contributed by atoms with E-state index in [1.54, 1.807) is 59.5 Å². The molecule has 2 aromatic carbocycles. The van der Waals surface area contributed by atoms with Crippen molar-refractivity contribution in [1.29, 1.82) is 0 Å². The molecule has 6 nitrogen and oxygen atoms in total. The van der Waals surface area contributed by atoms with Gasteiger partial charge in [-0.3, -0.25) is 9.10 Å². The van der Waals surface area contributed by atoms with E-state index in [-0.39, 0.29) is 10.8 Å². The van der Waals surface area contributed by atoms with E-state index in [0.717, 1.165) is 0 Å². The third-order valence-electron chi connectivity index (χ3n) is 4.16. The van der Waals surface area contributed by atoms with Crippen LogP contribution in [0.5, 0.6) is 0 Å². The first-order valence-corrected chi connectivity index (χ1v) is 9.45. The standard InChI is InChI=1S/C18H20N2O4S/c1-19(25(22,23)17-8-3-2-4-9-17)16-7-5-6-15(14-16)18(21)20-10-12-24-13-11-20/h2-9,14H,10-13H2,1H3. The van der Waals surface area contributed by atoms with Crippen molar-refractivity contribution in [2.45, 2.75) is 4.90 Å². The van der Waals surface area contributed by atoms with E-state index in [1.807, 2.05) is 0 Å². The van der Waals surface area contributed by atoms with Crippen LogP contribution in [-0.2, 0) is 14.8 Å². The number of benzene rings is 2. The fraction of sp³-hybridized carbons (Fsp3) is 0.278. The SMILES string of the molecule is CN(c1cccc(C(=O)N2CCOCC2)c1)S(=O)(=O)c1ccccc1. The first-order chi connectivity index (χ1) is 12.0. The van der Waals surface area contributed by atoms with Crippen molar-refractivity contribution in [2.24, 2.45) is 0 Å². The van der Waals surface area contributed by atoms with Crippen molar-refractivity contribution in [1.82, 2.24) is 4.90 Å². The Balaban J connectivity index is 1.87. The molecule has 3 rings (SSSR count). The maximum Gasteiger partial charge on any atom is 0.264 e. The van der Waals surface area contributed by atoms with Crippen molar-refractivity contribution < 1.29 is 17.9 Å².